The third-order valence-corrected chi connectivity index (χ3v) is 5.67. The van der Waals surface area contributed by atoms with Crippen molar-refractivity contribution in [3.63, 3.8) is 0 Å². The molecule has 9 heteroatoms. The standard InChI is InChI=1S/C18H23ClN4O3S/c1-3-23-16(11-26-14-4-5-15(19)13(2)10-14)20-21-18(23)27-12-17(24)22-6-8-25-9-7-22/h4-5,10H,3,6-9,11-12H2,1-2H3. The minimum Gasteiger partial charge on any atom is -0.486 e. The van der Waals surface area contributed by atoms with Crippen LogP contribution in [0.3, 0.4) is 0 Å². The quantitative estimate of drug-likeness (QED) is 0.654. The number of hydrogen-bond acceptors (Lipinski definition) is 6. The molecule has 0 spiro atoms. The molecule has 0 aliphatic carbocycles. The number of amides is 1. The van der Waals surface area contributed by atoms with E-state index < -0.39 is 0 Å². The van der Waals surface area contributed by atoms with Crippen LogP contribution >= 0.6 is 23.4 Å². The van der Waals surface area contributed by atoms with Crippen LogP contribution in [0.25, 0.3) is 0 Å². The highest BCUT2D eigenvalue weighted by molar-refractivity contribution is 7.99. The normalized spacial score (nSPS) is 14.4. The van der Waals surface area contributed by atoms with Gasteiger partial charge in [0, 0.05) is 24.7 Å². The van der Waals surface area contributed by atoms with Crippen molar-refractivity contribution in [2.24, 2.45) is 0 Å². The highest BCUT2D eigenvalue weighted by Gasteiger charge is 2.19. The second-order valence-electron chi connectivity index (χ2n) is 6.12. The van der Waals surface area contributed by atoms with Gasteiger partial charge in [-0.3, -0.25) is 4.79 Å². The minimum atomic E-state index is 0.100. The largest absolute Gasteiger partial charge is 0.486 e. The molecule has 1 amide bonds. The van der Waals surface area contributed by atoms with Gasteiger partial charge in [0.05, 0.1) is 19.0 Å². The average Bonchev–Trinajstić information content (AvgIpc) is 3.09. The number of halogens is 1. The summed E-state index contributed by atoms with van der Waals surface area (Å²) < 4.78 is 13.1. The zero-order chi connectivity index (χ0) is 19.2. The molecule has 0 bridgehead atoms. The second-order valence-corrected chi connectivity index (χ2v) is 7.47. The molecule has 1 fully saturated rings. The Morgan fingerprint density at radius 1 is 1.33 bits per heavy atom. The Morgan fingerprint density at radius 2 is 2.11 bits per heavy atom. The van der Waals surface area contributed by atoms with E-state index in [4.69, 9.17) is 21.1 Å². The van der Waals surface area contributed by atoms with Gasteiger partial charge in [-0.25, -0.2) is 0 Å². The van der Waals surface area contributed by atoms with Gasteiger partial charge in [0.25, 0.3) is 0 Å². The summed E-state index contributed by atoms with van der Waals surface area (Å²) >= 11 is 7.45. The van der Waals surface area contributed by atoms with E-state index in [2.05, 4.69) is 10.2 Å². The molecule has 1 aromatic heterocycles. The fourth-order valence-corrected chi connectivity index (χ4v) is 3.78. The van der Waals surface area contributed by atoms with Gasteiger partial charge in [-0.2, -0.15) is 0 Å². The molecule has 0 radical (unpaired) electrons. The number of benzene rings is 1. The van der Waals surface area contributed by atoms with Crippen molar-refractivity contribution in [1.29, 1.82) is 0 Å². The summed E-state index contributed by atoms with van der Waals surface area (Å²) in [7, 11) is 0. The lowest BCUT2D eigenvalue weighted by Crippen LogP contribution is -2.41. The predicted molar refractivity (Wildman–Crippen MR) is 104 cm³/mol. The fraction of sp³-hybridized carbons (Fsp3) is 0.500. The zero-order valence-corrected chi connectivity index (χ0v) is 17.1. The smallest absolute Gasteiger partial charge is 0.233 e. The van der Waals surface area contributed by atoms with E-state index in [1.807, 2.05) is 41.5 Å². The van der Waals surface area contributed by atoms with Crippen LogP contribution in [0.15, 0.2) is 23.4 Å². The molecule has 1 aliphatic rings. The SMILES string of the molecule is CCn1c(COc2ccc(Cl)c(C)c2)nnc1SCC(=O)N1CCOCC1. The lowest BCUT2D eigenvalue weighted by Gasteiger charge is -2.26. The number of hydrogen-bond donors (Lipinski definition) is 0. The lowest BCUT2D eigenvalue weighted by atomic mass is 10.2. The Morgan fingerprint density at radius 3 is 2.81 bits per heavy atom. The number of thioether (sulfide) groups is 1. The van der Waals surface area contributed by atoms with Crippen LogP contribution in [0.1, 0.15) is 18.3 Å². The van der Waals surface area contributed by atoms with Crippen molar-refractivity contribution >= 4 is 29.3 Å². The summed E-state index contributed by atoms with van der Waals surface area (Å²) in [5.74, 6) is 1.91. The fourth-order valence-electron chi connectivity index (χ4n) is 2.74. The summed E-state index contributed by atoms with van der Waals surface area (Å²) in [5.41, 5.74) is 0.962. The first-order valence-electron chi connectivity index (χ1n) is 8.88. The number of rotatable bonds is 7. The molecular weight excluding hydrogens is 388 g/mol. The van der Waals surface area contributed by atoms with E-state index in [0.29, 0.717) is 50.2 Å². The molecule has 3 rings (SSSR count). The van der Waals surface area contributed by atoms with Gasteiger partial charge in [-0.1, -0.05) is 23.4 Å². The van der Waals surface area contributed by atoms with Crippen LogP contribution in [-0.2, 0) is 22.7 Å². The van der Waals surface area contributed by atoms with E-state index in [1.165, 1.54) is 11.8 Å². The van der Waals surface area contributed by atoms with E-state index in [1.54, 1.807) is 0 Å². The van der Waals surface area contributed by atoms with Crippen LogP contribution in [0, 0.1) is 6.92 Å². The third-order valence-electron chi connectivity index (χ3n) is 4.30. The van der Waals surface area contributed by atoms with Crippen molar-refractivity contribution in [1.82, 2.24) is 19.7 Å². The first kappa shape index (κ1) is 20.0. The number of carbonyl (C=O) groups excluding carboxylic acids is 1. The first-order valence-corrected chi connectivity index (χ1v) is 10.2. The Hall–Kier alpha value is -1.77. The predicted octanol–water partition coefficient (Wildman–Crippen LogP) is 2.79. The average molecular weight is 411 g/mol. The van der Waals surface area contributed by atoms with Crippen LogP contribution in [0.4, 0.5) is 0 Å². The molecule has 7 nitrogen and oxygen atoms in total. The summed E-state index contributed by atoms with van der Waals surface area (Å²) in [6.07, 6.45) is 0. The lowest BCUT2D eigenvalue weighted by molar-refractivity contribution is -0.132. The van der Waals surface area contributed by atoms with Gasteiger partial charge < -0.3 is 18.9 Å². The number of ether oxygens (including phenoxy) is 2. The van der Waals surface area contributed by atoms with Gasteiger partial charge in [0.2, 0.25) is 5.91 Å². The second kappa shape index (κ2) is 9.43. The first-order chi connectivity index (χ1) is 13.1. The molecule has 1 aromatic carbocycles. The van der Waals surface area contributed by atoms with Gasteiger partial charge in [0.1, 0.15) is 12.4 Å². The van der Waals surface area contributed by atoms with E-state index >= 15 is 0 Å². The molecule has 1 aliphatic heterocycles. The monoisotopic (exact) mass is 410 g/mol. The van der Waals surface area contributed by atoms with Crippen molar-refractivity contribution < 1.29 is 14.3 Å². The van der Waals surface area contributed by atoms with Gasteiger partial charge in [-0.15, -0.1) is 10.2 Å². The molecule has 27 heavy (non-hydrogen) atoms. The number of aromatic nitrogens is 3. The van der Waals surface area contributed by atoms with E-state index in [-0.39, 0.29) is 5.91 Å². The molecule has 2 heterocycles. The Kier molecular flexibility index (Phi) is 6.98. The molecule has 2 aromatic rings. The Labute approximate surface area is 168 Å². The Bertz CT molecular complexity index is 793. The highest BCUT2D eigenvalue weighted by Crippen LogP contribution is 2.23. The van der Waals surface area contributed by atoms with Crippen LogP contribution in [0.2, 0.25) is 5.02 Å². The number of carbonyl (C=O) groups is 1. The number of nitrogens with zero attached hydrogens (tertiary/aromatic N) is 4. The number of morpholine rings is 1. The summed E-state index contributed by atoms with van der Waals surface area (Å²) in [6, 6.07) is 5.54. The maximum atomic E-state index is 12.3. The Balaban J connectivity index is 1.58. The van der Waals surface area contributed by atoms with Gasteiger partial charge in [-0.05, 0) is 37.6 Å². The van der Waals surface area contributed by atoms with E-state index in [0.717, 1.165) is 22.3 Å². The zero-order valence-electron chi connectivity index (χ0n) is 15.5. The maximum Gasteiger partial charge on any atom is 0.233 e. The van der Waals surface area contributed by atoms with Crippen LogP contribution in [0.5, 0.6) is 5.75 Å². The van der Waals surface area contributed by atoms with Crippen LogP contribution in [-0.4, -0.2) is 57.6 Å². The van der Waals surface area contributed by atoms with Crippen molar-refractivity contribution in [3.8, 4) is 5.75 Å². The molecular formula is C18H23ClN4O3S. The molecule has 0 unspecified atom stereocenters. The molecule has 0 saturated carbocycles. The van der Waals surface area contributed by atoms with Crippen molar-refractivity contribution in [2.75, 3.05) is 32.1 Å². The van der Waals surface area contributed by atoms with Crippen LogP contribution < -0.4 is 4.74 Å². The maximum absolute atomic E-state index is 12.3. The summed E-state index contributed by atoms with van der Waals surface area (Å²) in [5, 5.41) is 9.89. The highest BCUT2D eigenvalue weighted by atomic mass is 35.5. The van der Waals surface area contributed by atoms with Gasteiger partial charge in [0.15, 0.2) is 11.0 Å². The number of aryl methyl sites for hydroxylation is 1. The topological polar surface area (TPSA) is 69.5 Å². The third kappa shape index (κ3) is 5.15. The van der Waals surface area contributed by atoms with Crippen molar-refractivity contribution in [2.45, 2.75) is 32.2 Å². The molecule has 1 saturated heterocycles. The minimum absolute atomic E-state index is 0.100. The van der Waals surface area contributed by atoms with E-state index in [9.17, 15) is 4.79 Å². The summed E-state index contributed by atoms with van der Waals surface area (Å²) in [4.78, 5) is 14.1. The molecule has 0 N–H and O–H groups in total. The summed E-state index contributed by atoms with van der Waals surface area (Å²) in [6.45, 7) is 7.48. The molecule has 0 atom stereocenters. The van der Waals surface area contributed by atoms with Gasteiger partial charge >= 0.3 is 0 Å². The molecule has 146 valence electrons. The van der Waals surface area contributed by atoms with Crippen molar-refractivity contribution in [3.05, 3.63) is 34.6 Å².